The van der Waals surface area contributed by atoms with Crippen molar-refractivity contribution in [3.05, 3.63) is 29.8 Å². The van der Waals surface area contributed by atoms with Gasteiger partial charge in [-0.2, -0.15) is 0 Å². The van der Waals surface area contributed by atoms with Crippen molar-refractivity contribution in [3.8, 4) is 5.75 Å². The highest BCUT2D eigenvalue weighted by Gasteiger charge is 2.39. The molecule has 0 aromatic heterocycles. The van der Waals surface area contributed by atoms with Crippen molar-refractivity contribution in [2.75, 3.05) is 13.2 Å². The fourth-order valence-corrected chi connectivity index (χ4v) is 1.92. The largest absolute Gasteiger partial charge is 0.508 e. The number of amides is 1. The Kier molecular flexibility index (Phi) is 2.36. The molecule has 1 aromatic carbocycles. The molecule has 1 unspecified atom stereocenters. The molecule has 0 spiro atoms. The molecule has 4 heteroatoms. The second kappa shape index (κ2) is 3.55. The Labute approximate surface area is 87.6 Å². The van der Waals surface area contributed by atoms with E-state index in [1.807, 2.05) is 0 Å². The monoisotopic (exact) mass is 207 g/mol. The molecule has 1 fully saturated rings. The van der Waals surface area contributed by atoms with Gasteiger partial charge < -0.3 is 15.5 Å². The maximum atomic E-state index is 11.2. The Morgan fingerprint density at radius 1 is 1.33 bits per heavy atom. The summed E-state index contributed by atoms with van der Waals surface area (Å²) in [6.45, 7) is 0.379. The number of benzene rings is 1. The number of carbonyl (C=O) groups is 1. The van der Waals surface area contributed by atoms with E-state index in [1.54, 1.807) is 24.3 Å². The third kappa shape index (κ3) is 1.68. The first-order valence-corrected chi connectivity index (χ1v) is 4.83. The number of phenolic OH excluding ortho intramolecular Hbond substituents is 1. The van der Waals surface area contributed by atoms with Crippen molar-refractivity contribution >= 4 is 5.91 Å². The summed E-state index contributed by atoms with van der Waals surface area (Å²) >= 11 is 0. The number of rotatable bonds is 2. The molecule has 1 atom stereocenters. The average molecular weight is 207 g/mol. The number of aromatic hydroxyl groups is 1. The van der Waals surface area contributed by atoms with E-state index in [1.165, 1.54) is 0 Å². The molecule has 4 nitrogen and oxygen atoms in total. The number of phenols is 1. The molecule has 0 aliphatic carbocycles. The number of hydrogen-bond donors (Lipinski definition) is 3. The fraction of sp³-hybridized carbons (Fsp3) is 0.364. The lowest BCUT2D eigenvalue weighted by molar-refractivity contribution is -0.119. The van der Waals surface area contributed by atoms with Crippen LogP contribution in [-0.4, -0.2) is 29.3 Å². The third-order valence-corrected chi connectivity index (χ3v) is 2.91. The highest BCUT2D eigenvalue weighted by molar-refractivity contribution is 5.80. The number of nitrogens with one attached hydrogen (secondary N) is 1. The third-order valence-electron chi connectivity index (χ3n) is 2.91. The number of aliphatic hydroxyl groups excluding tert-OH is 1. The SMILES string of the molecule is O=C1CC(CO)(c2ccc(O)cc2)CN1. The van der Waals surface area contributed by atoms with Crippen LogP contribution in [0.4, 0.5) is 0 Å². The minimum Gasteiger partial charge on any atom is -0.508 e. The van der Waals surface area contributed by atoms with Gasteiger partial charge >= 0.3 is 0 Å². The molecule has 1 aliphatic rings. The first-order chi connectivity index (χ1) is 7.16. The van der Waals surface area contributed by atoms with Gasteiger partial charge in [-0.15, -0.1) is 0 Å². The zero-order valence-electron chi connectivity index (χ0n) is 8.23. The maximum Gasteiger partial charge on any atom is 0.221 e. The van der Waals surface area contributed by atoms with Crippen LogP contribution in [0.3, 0.4) is 0 Å². The Bertz CT molecular complexity index is 374. The van der Waals surface area contributed by atoms with Crippen molar-refractivity contribution in [2.24, 2.45) is 0 Å². The molecule has 1 heterocycles. The molecule has 3 N–H and O–H groups in total. The molecule has 1 saturated heterocycles. The molecular weight excluding hydrogens is 194 g/mol. The van der Waals surface area contributed by atoms with Gasteiger partial charge in [0.1, 0.15) is 5.75 Å². The summed E-state index contributed by atoms with van der Waals surface area (Å²) in [6.07, 6.45) is 0.300. The normalized spacial score (nSPS) is 25.3. The van der Waals surface area contributed by atoms with E-state index in [-0.39, 0.29) is 18.3 Å². The van der Waals surface area contributed by atoms with Crippen molar-refractivity contribution in [3.63, 3.8) is 0 Å². The fourth-order valence-electron chi connectivity index (χ4n) is 1.92. The second-order valence-corrected chi connectivity index (χ2v) is 3.94. The van der Waals surface area contributed by atoms with Gasteiger partial charge in [-0.3, -0.25) is 4.79 Å². The molecule has 1 aliphatic heterocycles. The predicted molar refractivity (Wildman–Crippen MR) is 54.5 cm³/mol. The second-order valence-electron chi connectivity index (χ2n) is 3.94. The molecule has 0 radical (unpaired) electrons. The standard InChI is InChI=1S/C11H13NO3/c13-7-11(5-10(15)12-6-11)8-1-3-9(14)4-2-8/h1-4,13-14H,5-7H2,(H,12,15). The number of carbonyl (C=O) groups excluding carboxylic acids is 1. The average Bonchev–Trinajstić information content (AvgIpc) is 2.62. The van der Waals surface area contributed by atoms with E-state index in [4.69, 9.17) is 5.11 Å². The van der Waals surface area contributed by atoms with E-state index < -0.39 is 5.41 Å². The quantitative estimate of drug-likeness (QED) is 0.646. The lowest BCUT2D eigenvalue weighted by atomic mass is 9.80. The van der Waals surface area contributed by atoms with Crippen molar-refractivity contribution < 1.29 is 15.0 Å². The summed E-state index contributed by atoms with van der Waals surface area (Å²) in [7, 11) is 0. The van der Waals surface area contributed by atoms with Crippen LogP contribution in [0.5, 0.6) is 5.75 Å². The van der Waals surface area contributed by atoms with E-state index >= 15 is 0 Å². The van der Waals surface area contributed by atoms with Gasteiger partial charge in [0.25, 0.3) is 0 Å². The molecule has 80 valence electrons. The first kappa shape index (κ1) is 9.98. The Morgan fingerprint density at radius 3 is 2.47 bits per heavy atom. The number of hydrogen-bond acceptors (Lipinski definition) is 3. The summed E-state index contributed by atoms with van der Waals surface area (Å²) < 4.78 is 0. The summed E-state index contributed by atoms with van der Waals surface area (Å²) in [5, 5.41) is 21.3. The zero-order chi connectivity index (χ0) is 10.9. The van der Waals surface area contributed by atoms with Crippen molar-refractivity contribution in [1.29, 1.82) is 0 Å². The molecule has 15 heavy (non-hydrogen) atoms. The van der Waals surface area contributed by atoms with Crippen molar-refractivity contribution in [1.82, 2.24) is 5.32 Å². The van der Waals surface area contributed by atoms with Gasteiger partial charge in [-0.05, 0) is 17.7 Å². The minimum absolute atomic E-state index is 0.0443. The number of aliphatic hydroxyl groups is 1. The molecule has 1 amide bonds. The van der Waals surface area contributed by atoms with Crippen LogP contribution in [0, 0.1) is 0 Å². The highest BCUT2D eigenvalue weighted by atomic mass is 16.3. The Balaban J connectivity index is 2.34. The minimum atomic E-state index is -0.523. The van der Waals surface area contributed by atoms with E-state index in [0.29, 0.717) is 13.0 Å². The van der Waals surface area contributed by atoms with Gasteiger partial charge in [-0.25, -0.2) is 0 Å². The van der Waals surface area contributed by atoms with E-state index in [9.17, 15) is 9.90 Å². The molecule has 1 aromatic rings. The first-order valence-electron chi connectivity index (χ1n) is 4.83. The zero-order valence-corrected chi connectivity index (χ0v) is 8.23. The maximum absolute atomic E-state index is 11.2. The molecule has 2 rings (SSSR count). The summed E-state index contributed by atoms with van der Waals surface area (Å²) in [4.78, 5) is 11.2. The van der Waals surface area contributed by atoms with Gasteiger partial charge in [0.2, 0.25) is 5.91 Å². The Hall–Kier alpha value is -1.55. The van der Waals surface area contributed by atoms with Crippen LogP contribution in [-0.2, 0) is 10.2 Å². The van der Waals surface area contributed by atoms with Crippen LogP contribution >= 0.6 is 0 Å². The van der Waals surface area contributed by atoms with E-state index in [2.05, 4.69) is 5.32 Å². The summed E-state index contributed by atoms with van der Waals surface area (Å²) in [5.74, 6) is 0.140. The van der Waals surface area contributed by atoms with E-state index in [0.717, 1.165) is 5.56 Å². The van der Waals surface area contributed by atoms with Crippen LogP contribution < -0.4 is 5.32 Å². The lowest BCUT2D eigenvalue weighted by Gasteiger charge is -2.24. The molecule has 0 saturated carbocycles. The smallest absolute Gasteiger partial charge is 0.221 e. The van der Waals surface area contributed by atoms with Crippen LogP contribution in [0.2, 0.25) is 0 Å². The van der Waals surface area contributed by atoms with Gasteiger partial charge in [0.05, 0.1) is 6.61 Å². The molecule has 0 bridgehead atoms. The van der Waals surface area contributed by atoms with Crippen LogP contribution in [0.1, 0.15) is 12.0 Å². The summed E-state index contributed by atoms with van der Waals surface area (Å²) in [5.41, 5.74) is 0.353. The topological polar surface area (TPSA) is 69.6 Å². The van der Waals surface area contributed by atoms with Gasteiger partial charge in [0.15, 0.2) is 0 Å². The van der Waals surface area contributed by atoms with Crippen LogP contribution in [0.15, 0.2) is 24.3 Å². The predicted octanol–water partition coefficient (Wildman–Crippen LogP) is 0.142. The van der Waals surface area contributed by atoms with Crippen LogP contribution in [0.25, 0.3) is 0 Å². The van der Waals surface area contributed by atoms with Crippen molar-refractivity contribution in [2.45, 2.75) is 11.8 Å². The Morgan fingerprint density at radius 2 is 2.00 bits per heavy atom. The van der Waals surface area contributed by atoms with Gasteiger partial charge in [-0.1, -0.05) is 12.1 Å². The lowest BCUT2D eigenvalue weighted by Crippen LogP contribution is -2.32. The van der Waals surface area contributed by atoms with Gasteiger partial charge in [0, 0.05) is 18.4 Å². The highest BCUT2D eigenvalue weighted by Crippen LogP contribution is 2.31. The summed E-state index contributed by atoms with van der Waals surface area (Å²) in [6, 6.07) is 6.61. The molecular formula is C11H13NO3.